The van der Waals surface area contributed by atoms with Gasteiger partial charge in [0.05, 0.1) is 38.1 Å². The molecule has 2 aromatic rings. The number of rotatable bonds is 12. The molecule has 1 aliphatic heterocycles. The molecule has 0 saturated carbocycles. The van der Waals surface area contributed by atoms with Gasteiger partial charge in [-0.05, 0) is 23.1 Å². The fraction of sp³-hybridized carbons (Fsp3) is 0.417. The molecular weight excluding hydrogens is 394 g/mol. The highest BCUT2D eigenvalue weighted by Crippen LogP contribution is 2.31. The zero-order chi connectivity index (χ0) is 21.9. The van der Waals surface area contributed by atoms with Crippen molar-refractivity contribution in [3.05, 3.63) is 94.9 Å². The molecule has 0 radical (unpaired) electrons. The molecular formula is C24H29N3O4. The quantitative estimate of drug-likeness (QED) is 0.234. The van der Waals surface area contributed by atoms with Gasteiger partial charge >= 0.3 is 0 Å². The predicted octanol–water partition coefficient (Wildman–Crippen LogP) is 4.56. The lowest BCUT2D eigenvalue weighted by Crippen LogP contribution is -2.39. The van der Waals surface area contributed by atoms with Gasteiger partial charge in [0.1, 0.15) is 12.2 Å². The van der Waals surface area contributed by atoms with E-state index in [-0.39, 0.29) is 6.54 Å². The molecule has 7 nitrogen and oxygen atoms in total. The van der Waals surface area contributed by atoms with Crippen molar-refractivity contribution in [3.8, 4) is 0 Å². The van der Waals surface area contributed by atoms with E-state index in [1.165, 1.54) is 0 Å². The number of hydrogen-bond donors (Lipinski definition) is 1. The van der Waals surface area contributed by atoms with Crippen LogP contribution >= 0.6 is 0 Å². The van der Waals surface area contributed by atoms with Crippen LogP contribution in [0.5, 0.6) is 0 Å². The summed E-state index contributed by atoms with van der Waals surface area (Å²) in [4.78, 5) is 2.87. The summed E-state index contributed by atoms with van der Waals surface area (Å²) in [5.74, 6) is 0. The van der Waals surface area contributed by atoms with Crippen molar-refractivity contribution in [3.63, 3.8) is 0 Å². The molecule has 0 aromatic heterocycles. The van der Waals surface area contributed by atoms with E-state index in [9.17, 15) is 5.11 Å². The van der Waals surface area contributed by atoms with Crippen molar-refractivity contribution in [1.82, 2.24) is 0 Å². The van der Waals surface area contributed by atoms with Gasteiger partial charge in [0.2, 0.25) is 0 Å². The second kappa shape index (κ2) is 12.2. The Labute approximate surface area is 182 Å². The number of azide groups is 1. The SMILES string of the molecule is C=CCC(O)C[C@H]1O[C@H](CN=[N+]=[N-])[C@@H](OCc2ccccc2)[C@@H]1OCc1ccccc1. The maximum atomic E-state index is 10.3. The predicted molar refractivity (Wildman–Crippen MR) is 118 cm³/mol. The van der Waals surface area contributed by atoms with Crippen LogP contribution in [0.1, 0.15) is 24.0 Å². The molecule has 0 aliphatic carbocycles. The Morgan fingerprint density at radius 1 is 1.00 bits per heavy atom. The second-order valence-electron chi connectivity index (χ2n) is 7.56. The lowest BCUT2D eigenvalue weighted by atomic mass is 10.0. The minimum Gasteiger partial charge on any atom is -0.393 e. The number of nitrogens with zero attached hydrogens (tertiary/aromatic N) is 3. The summed E-state index contributed by atoms with van der Waals surface area (Å²) in [6.07, 6.45) is 0.224. The molecule has 7 heteroatoms. The van der Waals surface area contributed by atoms with E-state index in [1.54, 1.807) is 6.08 Å². The summed E-state index contributed by atoms with van der Waals surface area (Å²) in [5.41, 5.74) is 10.9. The third-order valence-corrected chi connectivity index (χ3v) is 5.24. The molecule has 3 rings (SSSR count). The van der Waals surface area contributed by atoms with Crippen molar-refractivity contribution in [1.29, 1.82) is 0 Å². The normalized spacial score (nSPS) is 23.8. The van der Waals surface area contributed by atoms with E-state index >= 15 is 0 Å². The average molecular weight is 424 g/mol. The lowest BCUT2D eigenvalue weighted by molar-refractivity contribution is -0.0819. The Morgan fingerprint density at radius 3 is 2.06 bits per heavy atom. The first kappa shape index (κ1) is 23.0. The molecule has 5 atom stereocenters. The Hall–Kier alpha value is -2.67. The van der Waals surface area contributed by atoms with Gasteiger partial charge in [-0.15, -0.1) is 6.58 Å². The zero-order valence-corrected chi connectivity index (χ0v) is 17.5. The molecule has 1 unspecified atom stereocenters. The first-order valence-corrected chi connectivity index (χ1v) is 10.5. The lowest BCUT2D eigenvalue weighted by Gasteiger charge is -2.25. The molecule has 0 amide bonds. The van der Waals surface area contributed by atoms with Gasteiger partial charge in [0, 0.05) is 11.3 Å². The van der Waals surface area contributed by atoms with Crippen molar-refractivity contribution >= 4 is 0 Å². The summed E-state index contributed by atoms with van der Waals surface area (Å²) in [5, 5.41) is 14.0. The molecule has 1 N–H and O–H groups in total. The van der Waals surface area contributed by atoms with E-state index in [1.807, 2.05) is 60.7 Å². The second-order valence-corrected chi connectivity index (χ2v) is 7.56. The summed E-state index contributed by atoms with van der Waals surface area (Å²) < 4.78 is 18.7. The van der Waals surface area contributed by atoms with Crippen LogP contribution in [0.25, 0.3) is 10.4 Å². The molecule has 1 heterocycles. The number of benzene rings is 2. The molecule has 31 heavy (non-hydrogen) atoms. The highest BCUT2D eigenvalue weighted by molar-refractivity contribution is 5.14. The van der Waals surface area contributed by atoms with Gasteiger partial charge in [-0.2, -0.15) is 0 Å². The molecule has 1 aliphatic rings. The molecule has 0 bridgehead atoms. The van der Waals surface area contributed by atoms with Gasteiger partial charge in [0.15, 0.2) is 0 Å². The Morgan fingerprint density at radius 2 is 1.55 bits per heavy atom. The van der Waals surface area contributed by atoms with Gasteiger partial charge < -0.3 is 19.3 Å². The highest BCUT2D eigenvalue weighted by Gasteiger charge is 2.46. The smallest absolute Gasteiger partial charge is 0.113 e. The van der Waals surface area contributed by atoms with Crippen LogP contribution in [-0.4, -0.2) is 42.2 Å². The van der Waals surface area contributed by atoms with Gasteiger partial charge in [-0.3, -0.25) is 0 Å². The zero-order valence-electron chi connectivity index (χ0n) is 17.5. The first-order valence-electron chi connectivity index (χ1n) is 10.5. The van der Waals surface area contributed by atoms with Crippen molar-refractivity contribution in [2.45, 2.75) is 56.6 Å². The third kappa shape index (κ3) is 6.92. The first-order chi connectivity index (χ1) is 15.2. The minimum absolute atomic E-state index is 0.134. The van der Waals surface area contributed by atoms with Crippen LogP contribution in [-0.2, 0) is 27.4 Å². The van der Waals surface area contributed by atoms with Gasteiger partial charge in [-0.1, -0.05) is 71.9 Å². The van der Waals surface area contributed by atoms with E-state index in [2.05, 4.69) is 16.6 Å². The monoisotopic (exact) mass is 423 g/mol. The van der Waals surface area contributed by atoms with Gasteiger partial charge in [-0.25, -0.2) is 0 Å². The maximum absolute atomic E-state index is 10.3. The van der Waals surface area contributed by atoms with E-state index < -0.39 is 30.5 Å². The third-order valence-electron chi connectivity index (χ3n) is 5.24. The number of aliphatic hydroxyl groups is 1. The number of ether oxygens (including phenoxy) is 3. The Balaban J connectivity index is 1.77. The fourth-order valence-electron chi connectivity index (χ4n) is 3.75. The van der Waals surface area contributed by atoms with E-state index in [4.69, 9.17) is 19.7 Å². The number of aliphatic hydroxyl groups excluding tert-OH is 1. The largest absolute Gasteiger partial charge is 0.393 e. The Kier molecular flexibility index (Phi) is 9.09. The van der Waals surface area contributed by atoms with Crippen molar-refractivity contribution < 1.29 is 19.3 Å². The minimum atomic E-state index is -0.599. The van der Waals surface area contributed by atoms with Crippen LogP contribution in [0.2, 0.25) is 0 Å². The highest BCUT2D eigenvalue weighted by atomic mass is 16.6. The summed E-state index contributed by atoms with van der Waals surface area (Å²) in [6.45, 7) is 4.60. The van der Waals surface area contributed by atoms with E-state index in [0.717, 1.165) is 11.1 Å². The number of hydrogen-bond acceptors (Lipinski definition) is 5. The topological polar surface area (TPSA) is 96.7 Å². The van der Waals surface area contributed by atoms with Crippen LogP contribution in [0.15, 0.2) is 78.4 Å². The average Bonchev–Trinajstić information content (AvgIpc) is 3.12. The van der Waals surface area contributed by atoms with Crippen LogP contribution in [0.3, 0.4) is 0 Å². The maximum Gasteiger partial charge on any atom is 0.113 e. The summed E-state index contributed by atoms with van der Waals surface area (Å²) in [7, 11) is 0. The molecule has 1 fully saturated rings. The standard InChI is InChI=1S/C24H29N3O4/c1-2-9-20(28)14-21-23(29-16-18-10-5-3-6-11-18)24(22(31-21)15-26-27-25)30-17-19-12-7-4-8-13-19/h2-8,10-13,20-24,28H,1,9,14-17H2/t20?,21-,22-,23-,24-/m1/s1. The molecule has 1 saturated heterocycles. The molecule has 0 spiro atoms. The summed E-state index contributed by atoms with van der Waals surface area (Å²) >= 11 is 0. The van der Waals surface area contributed by atoms with Crippen LogP contribution < -0.4 is 0 Å². The van der Waals surface area contributed by atoms with Crippen molar-refractivity contribution in [2.24, 2.45) is 5.11 Å². The molecule has 2 aromatic carbocycles. The van der Waals surface area contributed by atoms with Crippen molar-refractivity contribution in [2.75, 3.05) is 6.54 Å². The molecule has 164 valence electrons. The van der Waals surface area contributed by atoms with Gasteiger partial charge in [0.25, 0.3) is 0 Å². The van der Waals surface area contributed by atoms with E-state index in [0.29, 0.717) is 26.1 Å². The fourth-order valence-corrected chi connectivity index (χ4v) is 3.75. The van der Waals surface area contributed by atoms with Crippen LogP contribution in [0, 0.1) is 0 Å². The van der Waals surface area contributed by atoms with Crippen LogP contribution in [0.4, 0.5) is 0 Å². The summed E-state index contributed by atoms with van der Waals surface area (Å²) in [6, 6.07) is 19.7. The Bertz CT molecular complexity index is 842.